The summed E-state index contributed by atoms with van der Waals surface area (Å²) >= 11 is 1.70. The van der Waals surface area contributed by atoms with Gasteiger partial charge in [-0.25, -0.2) is 0 Å². The summed E-state index contributed by atoms with van der Waals surface area (Å²) in [7, 11) is 0. The third-order valence-electron chi connectivity index (χ3n) is 2.42. The molecule has 1 heterocycles. The molecule has 2 N–H and O–H groups in total. The molecule has 2 aliphatic rings. The Kier molecular flexibility index (Phi) is 3.30. The molecule has 0 aromatic carbocycles. The van der Waals surface area contributed by atoms with E-state index in [1.807, 2.05) is 0 Å². The van der Waals surface area contributed by atoms with E-state index in [0.717, 1.165) is 26.1 Å². The van der Waals surface area contributed by atoms with Gasteiger partial charge < -0.3 is 15.2 Å². The van der Waals surface area contributed by atoms with Gasteiger partial charge in [0.2, 0.25) is 0 Å². The summed E-state index contributed by atoms with van der Waals surface area (Å²) in [5, 5.41) is 12.6. The molecule has 0 bridgehead atoms. The molecule has 2 fully saturated rings. The van der Waals surface area contributed by atoms with E-state index in [0.29, 0.717) is 17.0 Å². The average molecular weight is 217 g/mol. The van der Waals surface area contributed by atoms with Crippen molar-refractivity contribution in [1.82, 2.24) is 5.32 Å². The van der Waals surface area contributed by atoms with Crippen LogP contribution in [-0.2, 0) is 9.53 Å². The lowest BCUT2D eigenvalue weighted by atomic mass is 10.3. The molecule has 1 aliphatic heterocycles. The molecule has 2 rings (SSSR count). The van der Waals surface area contributed by atoms with Crippen LogP contribution in [0.25, 0.3) is 0 Å². The van der Waals surface area contributed by atoms with Crippen LogP contribution in [0.3, 0.4) is 0 Å². The molecule has 14 heavy (non-hydrogen) atoms. The highest BCUT2D eigenvalue weighted by molar-refractivity contribution is 8.00. The summed E-state index contributed by atoms with van der Waals surface area (Å²) in [5.74, 6) is -0.0792. The summed E-state index contributed by atoms with van der Waals surface area (Å²) in [6.45, 7) is 1.56. The maximum atomic E-state index is 10.9. The summed E-state index contributed by atoms with van der Waals surface area (Å²) in [6, 6.07) is 0.0717. The van der Waals surface area contributed by atoms with Gasteiger partial charge in [0.05, 0.1) is 18.5 Å². The van der Waals surface area contributed by atoms with Gasteiger partial charge in [0.25, 0.3) is 0 Å². The minimum atomic E-state index is -0.732. The highest BCUT2D eigenvalue weighted by atomic mass is 32.2. The molecule has 0 aromatic heterocycles. The smallest absolute Gasteiger partial charge is 0.321 e. The Morgan fingerprint density at radius 3 is 2.71 bits per heavy atom. The quantitative estimate of drug-likeness (QED) is 0.671. The second kappa shape index (κ2) is 4.51. The van der Waals surface area contributed by atoms with Crippen LogP contribution in [0.2, 0.25) is 0 Å². The van der Waals surface area contributed by atoms with Gasteiger partial charge in [-0.15, -0.1) is 0 Å². The van der Waals surface area contributed by atoms with Gasteiger partial charge in [0.15, 0.2) is 0 Å². The Hall–Kier alpha value is -0.260. The maximum absolute atomic E-state index is 10.9. The monoisotopic (exact) mass is 217 g/mol. The lowest BCUT2D eigenvalue weighted by Gasteiger charge is -2.26. The number of carboxylic acids is 1. The predicted molar refractivity (Wildman–Crippen MR) is 54.6 cm³/mol. The van der Waals surface area contributed by atoms with E-state index in [1.54, 1.807) is 11.8 Å². The maximum Gasteiger partial charge on any atom is 0.321 e. The van der Waals surface area contributed by atoms with Crippen LogP contribution < -0.4 is 5.32 Å². The Morgan fingerprint density at radius 2 is 2.29 bits per heavy atom. The molecule has 1 saturated heterocycles. The molecule has 4 nitrogen and oxygen atoms in total. The van der Waals surface area contributed by atoms with Crippen molar-refractivity contribution in [1.29, 1.82) is 0 Å². The van der Waals surface area contributed by atoms with E-state index in [1.165, 1.54) is 0 Å². The van der Waals surface area contributed by atoms with E-state index in [-0.39, 0.29) is 6.04 Å². The molecule has 1 saturated carbocycles. The number of rotatable bonds is 6. The van der Waals surface area contributed by atoms with E-state index >= 15 is 0 Å². The number of carboxylic acid groups (broad SMARTS) is 1. The topological polar surface area (TPSA) is 58.6 Å². The second-order valence-corrected chi connectivity index (χ2v) is 5.16. The third kappa shape index (κ3) is 2.87. The van der Waals surface area contributed by atoms with Crippen molar-refractivity contribution in [2.45, 2.75) is 30.2 Å². The van der Waals surface area contributed by atoms with E-state index in [4.69, 9.17) is 9.84 Å². The average Bonchev–Trinajstić information content (AvgIpc) is 2.82. The zero-order valence-electron chi connectivity index (χ0n) is 7.94. The molecule has 0 radical (unpaired) electrons. The largest absolute Gasteiger partial charge is 0.480 e. The molecule has 1 atom stereocenters. The van der Waals surface area contributed by atoms with Gasteiger partial charge in [0.1, 0.15) is 6.04 Å². The lowest BCUT2D eigenvalue weighted by molar-refractivity contribution is -0.138. The van der Waals surface area contributed by atoms with Crippen LogP contribution in [-0.4, -0.2) is 47.4 Å². The van der Waals surface area contributed by atoms with E-state index in [9.17, 15) is 4.79 Å². The van der Waals surface area contributed by atoms with E-state index < -0.39 is 5.97 Å². The van der Waals surface area contributed by atoms with Gasteiger partial charge in [-0.3, -0.25) is 4.79 Å². The van der Waals surface area contributed by atoms with Gasteiger partial charge in [0, 0.05) is 11.8 Å². The zero-order valence-corrected chi connectivity index (χ0v) is 8.76. The van der Waals surface area contributed by atoms with Crippen LogP contribution in [0.15, 0.2) is 0 Å². The fourth-order valence-corrected chi connectivity index (χ4v) is 2.36. The first-order chi connectivity index (χ1) is 6.75. The first-order valence-electron chi connectivity index (χ1n) is 4.94. The SMILES string of the molecule is O=C(O)C(CSC1COC1)NC1CC1. The molecule has 1 aliphatic carbocycles. The molecular formula is C9H15NO3S. The Balaban J connectivity index is 1.68. The van der Waals surface area contributed by atoms with Gasteiger partial charge in [-0.2, -0.15) is 11.8 Å². The highest BCUT2D eigenvalue weighted by Crippen LogP contribution is 2.23. The summed E-state index contributed by atoms with van der Waals surface area (Å²) in [5.41, 5.74) is 0. The Labute approximate surface area is 87.4 Å². The fourth-order valence-electron chi connectivity index (χ4n) is 1.27. The van der Waals surface area contributed by atoms with Crippen molar-refractivity contribution in [2.24, 2.45) is 0 Å². The minimum absolute atomic E-state index is 0.381. The zero-order chi connectivity index (χ0) is 9.97. The van der Waals surface area contributed by atoms with Crippen molar-refractivity contribution in [2.75, 3.05) is 19.0 Å². The Morgan fingerprint density at radius 1 is 1.57 bits per heavy atom. The van der Waals surface area contributed by atoms with Crippen molar-refractivity contribution >= 4 is 17.7 Å². The fraction of sp³-hybridized carbons (Fsp3) is 0.889. The third-order valence-corrected chi connectivity index (χ3v) is 3.69. The van der Waals surface area contributed by atoms with Crippen molar-refractivity contribution in [3.8, 4) is 0 Å². The van der Waals surface area contributed by atoms with E-state index in [2.05, 4.69) is 5.32 Å². The normalized spacial score (nSPS) is 24.3. The predicted octanol–water partition coefficient (Wildman–Crippen LogP) is 0.324. The van der Waals surface area contributed by atoms with Crippen LogP contribution >= 0.6 is 11.8 Å². The second-order valence-electron chi connectivity index (χ2n) is 3.82. The molecule has 1 unspecified atom stereocenters. The van der Waals surface area contributed by atoms with Crippen molar-refractivity contribution < 1.29 is 14.6 Å². The molecular weight excluding hydrogens is 202 g/mol. The molecule has 5 heteroatoms. The van der Waals surface area contributed by atoms with Gasteiger partial charge >= 0.3 is 5.97 Å². The number of thioether (sulfide) groups is 1. The molecule has 0 spiro atoms. The summed E-state index contributed by atoms with van der Waals surface area (Å²) < 4.78 is 5.03. The molecule has 80 valence electrons. The number of aliphatic carboxylic acids is 1. The van der Waals surface area contributed by atoms with Crippen LogP contribution in [0.5, 0.6) is 0 Å². The molecule has 0 amide bonds. The lowest BCUT2D eigenvalue weighted by Crippen LogP contribution is -2.42. The standard InChI is InChI=1S/C9H15NO3S/c11-9(12)8(10-6-1-2-6)5-14-7-3-13-4-7/h6-8,10H,1-5H2,(H,11,12). The highest BCUT2D eigenvalue weighted by Gasteiger charge is 2.29. The summed E-state index contributed by atoms with van der Waals surface area (Å²) in [4.78, 5) is 10.9. The van der Waals surface area contributed by atoms with Crippen LogP contribution in [0.4, 0.5) is 0 Å². The number of ether oxygens (including phenoxy) is 1. The summed E-state index contributed by atoms with van der Waals surface area (Å²) in [6.07, 6.45) is 2.25. The van der Waals surface area contributed by atoms with Crippen molar-refractivity contribution in [3.05, 3.63) is 0 Å². The minimum Gasteiger partial charge on any atom is -0.480 e. The van der Waals surface area contributed by atoms with Crippen LogP contribution in [0.1, 0.15) is 12.8 Å². The van der Waals surface area contributed by atoms with Crippen molar-refractivity contribution in [3.63, 3.8) is 0 Å². The van der Waals surface area contributed by atoms with Gasteiger partial charge in [-0.05, 0) is 12.8 Å². The number of hydrogen-bond donors (Lipinski definition) is 2. The van der Waals surface area contributed by atoms with Crippen LogP contribution in [0, 0.1) is 0 Å². The first-order valence-corrected chi connectivity index (χ1v) is 5.99. The number of hydrogen-bond acceptors (Lipinski definition) is 4. The van der Waals surface area contributed by atoms with Gasteiger partial charge in [-0.1, -0.05) is 0 Å². The molecule has 0 aromatic rings. The number of nitrogens with one attached hydrogen (secondary N) is 1. The number of carbonyl (C=O) groups is 1. The Bertz CT molecular complexity index is 216. The first kappa shape index (κ1) is 10.3.